The second-order valence-electron chi connectivity index (χ2n) is 5.73. The lowest BCUT2D eigenvalue weighted by molar-refractivity contribution is -0.114. The van der Waals surface area contributed by atoms with Gasteiger partial charge in [0.2, 0.25) is 5.13 Å². The van der Waals surface area contributed by atoms with E-state index in [1.54, 1.807) is 35.0 Å². The Labute approximate surface area is 168 Å². The monoisotopic (exact) mass is 409 g/mol. The molecule has 3 aromatic heterocycles. The second-order valence-corrected chi connectivity index (χ2v) is 8.69. The van der Waals surface area contributed by atoms with Gasteiger partial charge in [-0.1, -0.05) is 29.5 Å². The van der Waals surface area contributed by atoms with Gasteiger partial charge in [0.05, 0.1) is 16.4 Å². The molecular formula is C20H15N3OS3. The molecular weight excluding hydrogens is 394 g/mol. The molecule has 4 aromatic rings. The molecule has 0 atom stereocenters. The Morgan fingerprint density at radius 2 is 1.89 bits per heavy atom. The minimum absolute atomic E-state index is 0.230. The highest BCUT2D eigenvalue weighted by Gasteiger charge is 2.17. The number of anilines is 1. The van der Waals surface area contributed by atoms with E-state index in [1.165, 1.54) is 22.4 Å². The van der Waals surface area contributed by atoms with Crippen molar-refractivity contribution in [1.29, 1.82) is 0 Å². The van der Waals surface area contributed by atoms with Crippen LogP contribution in [0.2, 0.25) is 0 Å². The van der Waals surface area contributed by atoms with E-state index >= 15 is 0 Å². The average molecular weight is 410 g/mol. The molecule has 4 rings (SSSR count). The smallest absolute Gasteiger partial charge is 0.267 e. The number of hydrazone groups is 1. The number of hydrogen-bond acceptors (Lipinski definition) is 6. The number of hydrogen-bond donors (Lipinski definition) is 0. The molecule has 0 spiro atoms. The van der Waals surface area contributed by atoms with Crippen LogP contribution in [-0.4, -0.2) is 17.1 Å². The molecule has 0 saturated heterocycles. The van der Waals surface area contributed by atoms with Crippen molar-refractivity contribution < 1.29 is 4.79 Å². The first-order valence-electron chi connectivity index (χ1n) is 8.19. The molecule has 0 aliphatic rings. The largest absolute Gasteiger partial charge is 0.273 e. The van der Waals surface area contributed by atoms with E-state index in [4.69, 9.17) is 0 Å². The van der Waals surface area contributed by atoms with Crippen LogP contribution in [0.4, 0.5) is 5.13 Å². The molecule has 0 bridgehead atoms. The highest BCUT2D eigenvalue weighted by molar-refractivity contribution is 7.22. The fraction of sp³-hybridized carbons (Fsp3) is 0.0500. The molecule has 0 unspecified atom stereocenters. The third kappa shape index (κ3) is 4.21. The number of rotatable bonds is 5. The zero-order valence-corrected chi connectivity index (χ0v) is 16.9. The summed E-state index contributed by atoms with van der Waals surface area (Å²) in [4.78, 5) is 19.4. The van der Waals surface area contributed by atoms with Gasteiger partial charge in [0.15, 0.2) is 0 Å². The minimum Gasteiger partial charge on any atom is -0.267 e. The Balaban J connectivity index is 1.68. The summed E-state index contributed by atoms with van der Waals surface area (Å²) in [6.07, 6.45) is 5.03. The number of carbonyl (C=O) groups is 1. The number of amides is 1. The average Bonchev–Trinajstić information content (AvgIpc) is 3.41. The molecule has 0 radical (unpaired) electrons. The zero-order chi connectivity index (χ0) is 18.6. The predicted molar refractivity (Wildman–Crippen MR) is 117 cm³/mol. The first-order chi connectivity index (χ1) is 13.2. The van der Waals surface area contributed by atoms with Gasteiger partial charge in [-0.05, 0) is 53.6 Å². The number of thiophene rings is 2. The number of fused-ring (bicyclic) bond motifs is 1. The van der Waals surface area contributed by atoms with Gasteiger partial charge in [-0.25, -0.2) is 4.98 Å². The maximum atomic E-state index is 12.8. The number of carbonyl (C=O) groups excluding carboxylic acids is 1. The van der Waals surface area contributed by atoms with Crippen molar-refractivity contribution in [3.63, 3.8) is 0 Å². The van der Waals surface area contributed by atoms with Gasteiger partial charge >= 0.3 is 0 Å². The maximum absolute atomic E-state index is 12.8. The zero-order valence-electron chi connectivity index (χ0n) is 14.4. The van der Waals surface area contributed by atoms with Crippen molar-refractivity contribution in [1.82, 2.24) is 4.98 Å². The van der Waals surface area contributed by atoms with Crippen LogP contribution in [0.1, 0.15) is 15.3 Å². The molecule has 4 nitrogen and oxygen atoms in total. The fourth-order valence-electron chi connectivity index (χ4n) is 2.40. The van der Waals surface area contributed by atoms with Crippen LogP contribution in [0.25, 0.3) is 16.3 Å². The number of nitrogens with zero attached hydrogens (tertiary/aromatic N) is 3. The van der Waals surface area contributed by atoms with E-state index in [0.717, 1.165) is 25.5 Å². The summed E-state index contributed by atoms with van der Waals surface area (Å²) in [7, 11) is 0. The van der Waals surface area contributed by atoms with Crippen molar-refractivity contribution in [3.8, 4) is 0 Å². The Kier molecular flexibility index (Phi) is 5.24. The van der Waals surface area contributed by atoms with Crippen molar-refractivity contribution >= 4 is 67.6 Å². The summed E-state index contributed by atoms with van der Waals surface area (Å²) < 4.78 is 1.04. The molecule has 3 heterocycles. The van der Waals surface area contributed by atoms with E-state index in [-0.39, 0.29) is 5.91 Å². The van der Waals surface area contributed by atoms with Gasteiger partial charge in [-0.15, -0.1) is 22.7 Å². The molecule has 0 N–H and O–H groups in total. The molecule has 7 heteroatoms. The minimum atomic E-state index is -0.230. The normalized spacial score (nSPS) is 11.7. The standard InChI is InChI=1S/C20H15N3OS3/c1-14-6-8-17-18(12-14)27-20(22-17)23(21-13-16-5-3-11-26-16)19(24)9-7-15-4-2-10-25-15/h2-13H,1H3/b9-7+,21-13-. The van der Waals surface area contributed by atoms with Crippen molar-refractivity contribution in [2.24, 2.45) is 5.10 Å². The quantitative estimate of drug-likeness (QED) is 0.237. The van der Waals surface area contributed by atoms with Crippen LogP contribution in [0.3, 0.4) is 0 Å². The highest BCUT2D eigenvalue weighted by atomic mass is 32.1. The summed E-state index contributed by atoms with van der Waals surface area (Å²) in [6, 6.07) is 13.9. The lowest BCUT2D eigenvalue weighted by Crippen LogP contribution is -2.23. The third-order valence-electron chi connectivity index (χ3n) is 3.70. The topological polar surface area (TPSA) is 45.6 Å². The Morgan fingerprint density at radius 1 is 1.11 bits per heavy atom. The van der Waals surface area contributed by atoms with Crippen LogP contribution in [0, 0.1) is 6.92 Å². The maximum Gasteiger partial charge on any atom is 0.273 e. The van der Waals surface area contributed by atoms with E-state index in [9.17, 15) is 4.79 Å². The van der Waals surface area contributed by atoms with E-state index < -0.39 is 0 Å². The molecule has 0 fully saturated rings. The Morgan fingerprint density at radius 3 is 2.63 bits per heavy atom. The number of aryl methyl sites for hydroxylation is 1. The first kappa shape index (κ1) is 17.8. The van der Waals surface area contributed by atoms with Gasteiger partial charge < -0.3 is 0 Å². The Bertz CT molecular complexity index is 1110. The summed E-state index contributed by atoms with van der Waals surface area (Å²) in [5.41, 5.74) is 2.03. The van der Waals surface area contributed by atoms with Gasteiger partial charge in [0, 0.05) is 15.8 Å². The number of benzene rings is 1. The molecule has 0 aliphatic heterocycles. The molecule has 1 amide bonds. The molecule has 0 saturated carbocycles. The lowest BCUT2D eigenvalue weighted by atomic mass is 10.2. The van der Waals surface area contributed by atoms with Crippen molar-refractivity contribution in [2.75, 3.05) is 5.01 Å². The van der Waals surface area contributed by atoms with Gasteiger partial charge in [0.1, 0.15) is 0 Å². The SMILES string of the molecule is Cc1ccc2nc(N(/N=C\c3cccs3)C(=O)/C=C/c3cccs3)sc2c1. The Hall–Kier alpha value is -2.61. The van der Waals surface area contributed by atoms with Crippen LogP contribution >= 0.6 is 34.0 Å². The summed E-state index contributed by atoms with van der Waals surface area (Å²) in [5.74, 6) is -0.230. The predicted octanol–water partition coefficient (Wildman–Crippen LogP) is 5.81. The highest BCUT2D eigenvalue weighted by Crippen LogP contribution is 2.30. The number of aromatic nitrogens is 1. The summed E-state index contributed by atoms with van der Waals surface area (Å²) >= 11 is 4.61. The van der Waals surface area contributed by atoms with Gasteiger partial charge in [-0.2, -0.15) is 10.1 Å². The van der Waals surface area contributed by atoms with E-state index in [2.05, 4.69) is 16.2 Å². The van der Waals surface area contributed by atoms with Gasteiger partial charge in [0.25, 0.3) is 5.91 Å². The summed E-state index contributed by atoms with van der Waals surface area (Å²) in [5, 5.41) is 10.3. The van der Waals surface area contributed by atoms with E-state index in [1.807, 2.05) is 54.1 Å². The van der Waals surface area contributed by atoms with Crippen LogP contribution in [0.15, 0.2) is 64.4 Å². The van der Waals surface area contributed by atoms with Crippen molar-refractivity contribution in [3.05, 3.63) is 74.6 Å². The summed E-state index contributed by atoms with van der Waals surface area (Å²) in [6.45, 7) is 2.04. The van der Waals surface area contributed by atoms with Crippen molar-refractivity contribution in [2.45, 2.75) is 6.92 Å². The van der Waals surface area contributed by atoms with E-state index in [0.29, 0.717) is 5.13 Å². The number of thiazole rings is 1. The molecule has 0 aliphatic carbocycles. The van der Waals surface area contributed by atoms with Crippen LogP contribution in [-0.2, 0) is 4.79 Å². The van der Waals surface area contributed by atoms with Crippen LogP contribution < -0.4 is 5.01 Å². The first-order valence-corrected chi connectivity index (χ1v) is 10.8. The molecule has 1 aromatic carbocycles. The molecule has 134 valence electrons. The molecule has 27 heavy (non-hydrogen) atoms. The fourth-order valence-corrected chi connectivity index (χ4v) is 4.63. The third-order valence-corrected chi connectivity index (χ3v) is 6.34. The second kappa shape index (κ2) is 7.96. The lowest BCUT2D eigenvalue weighted by Gasteiger charge is -2.10. The van der Waals surface area contributed by atoms with Gasteiger partial charge in [-0.3, -0.25) is 4.79 Å². The van der Waals surface area contributed by atoms with Crippen LogP contribution in [0.5, 0.6) is 0 Å².